The predicted molar refractivity (Wildman–Crippen MR) is 129 cm³/mol. The molecular formula is C23H32N6O4S. The van der Waals surface area contributed by atoms with E-state index >= 15 is 0 Å². The van der Waals surface area contributed by atoms with Gasteiger partial charge in [0.1, 0.15) is 15.4 Å². The van der Waals surface area contributed by atoms with Gasteiger partial charge in [0.05, 0.1) is 34.0 Å². The number of nitrogens with zero attached hydrogens (tertiary/aromatic N) is 4. The van der Waals surface area contributed by atoms with E-state index in [1.54, 1.807) is 0 Å². The van der Waals surface area contributed by atoms with Crippen LogP contribution in [0.2, 0.25) is 0 Å². The summed E-state index contributed by atoms with van der Waals surface area (Å²) in [5.74, 6) is 0.0392. The number of nitrogens with one attached hydrogen (secondary N) is 1. The molecule has 1 saturated carbocycles. The molecule has 0 atom stereocenters. The summed E-state index contributed by atoms with van der Waals surface area (Å²) in [6.45, 7) is 4.70. The standard InChI is InChI=1S/C23H32N6O4S/c1-3-29-22-19(14(2)27-29)20(26-16-6-10-34(31,32)11-7-16)17(13-25-22)18-12-23(33-28-18)8-4-15(5-9-23)21(24)30/h13,15-16H,3-12H2,1-2H3,(H2,24,30)(H,25,26). The number of fused-ring (bicyclic) bond motifs is 1. The molecule has 1 spiro atoms. The van der Waals surface area contributed by atoms with E-state index < -0.39 is 15.4 Å². The Morgan fingerprint density at radius 3 is 2.62 bits per heavy atom. The summed E-state index contributed by atoms with van der Waals surface area (Å²) in [6, 6.07) is 0.0418. The van der Waals surface area contributed by atoms with Crippen molar-refractivity contribution in [1.82, 2.24) is 14.8 Å². The van der Waals surface area contributed by atoms with Gasteiger partial charge in [-0.05, 0) is 52.4 Å². The maximum atomic E-state index is 12.0. The van der Waals surface area contributed by atoms with Gasteiger partial charge in [0.2, 0.25) is 5.91 Å². The lowest BCUT2D eigenvalue weighted by Crippen LogP contribution is -2.38. The molecule has 2 aliphatic heterocycles. The molecule has 11 heteroatoms. The fourth-order valence-corrected chi connectivity index (χ4v) is 7.00. The van der Waals surface area contributed by atoms with Crippen LogP contribution >= 0.6 is 0 Å². The van der Waals surface area contributed by atoms with Crippen molar-refractivity contribution in [3.05, 3.63) is 17.5 Å². The van der Waals surface area contributed by atoms with Crippen molar-refractivity contribution >= 4 is 38.2 Å². The van der Waals surface area contributed by atoms with Crippen LogP contribution in [-0.2, 0) is 26.0 Å². The average molecular weight is 489 g/mol. The van der Waals surface area contributed by atoms with E-state index in [0.29, 0.717) is 38.6 Å². The molecule has 1 aliphatic carbocycles. The van der Waals surface area contributed by atoms with Gasteiger partial charge in [0.25, 0.3) is 0 Å². The maximum absolute atomic E-state index is 12.0. The van der Waals surface area contributed by atoms with Crippen LogP contribution in [0.1, 0.15) is 63.1 Å². The van der Waals surface area contributed by atoms with Crippen molar-refractivity contribution < 1.29 is 18.0 Å². The molecule has 4 heterocycles. The molecule has 2 aromatic rings. The van der Waals surface area contributed by atoms with Crippen LogP contribution in [0.3, 0.4) is 0 Å². The topological polar surface area (TPSA) is 142 Å². The van der Waals surface area contributed by atoms with Crippen molar-refractivity contribution in [1.29, 1.82) is 0 Å². The number of oxime groups is 1. The number of hydrogen-bond donors (Lipinski definition) is 2. The highest BCUT2D eigenvalue weighted by Crippen LogP contribution is 2.43. The number of amides is 1. The Hall–Kier alpha value is -2.69. The third-order valence-corrected chi connectivity index (χ3v) is 9.30. The Labute approximate surface area is 199 Å². The normalized spacial score (nSPS) is 22.6. The van der Waals surface area contributed by atoms with E-state index in [1.165, 1.54) is 0 Å². The Kier molecular flexibility index (Phi) is 5.78. The number of aromatic nitrogens is 3. The minimum atomic E-state index is -2.96. The first-order chi connectivity index (χ1) is 16.2. The zero-order valence-corrected chi connectivity index (χ0v) is 20.5. The molecule has 0 radical (unpaired) electrons. The zero-order valence-electron chi connectivity index (χ0n) is 19.7. The number of sulfone groups is 1. The molecule has 0 bridgehead atoms. The minimum Gasteiger partial charge on any atom is -0.389 e. The number of nitrogens with two attached hydrogens (primary N) is 1. The highest BCUT2D eigenvalue weighted by molar-refractivity contribution is 7.91. The van der Waals surface area contributed by atoms with Gasteiger partial charge < -0.3 is 15.9 Å². The molecule has 0 unspecified atom stereocenters. The number of anilines is 1. The molecule has 2 aromatic heterocycles. The summed E-state index contributed by atoms with van der Waals surface area (Å²) >= 11 is 0. The van der Waals surface area contributed by atoms with Crippen molar-refractivity contribution in [3.63, 3.8) is 0 Å². The monoisotopic (exact) mass is 488 g/mol. The summed E-state index contributed by atoms with van der Waals surface area (Å²) in [7, 11) is -2.96. The van der Waals surface area contributed by atoms with Gasteiger partial charge in [0.15, 0.2) is 5.65 Å². The van der Waals surface area contributed by atoms with Crippen molar-refractivity contribution in [2.45, 2.75) is 77.0 Å². The molecule has 0 aromatic carbocycles. The fraction of sp³-hybridized carbons (Fsp3) is 0.652. The average Bonchev–Trinajstić information content (AvgIpc) is 3.36. The Bertz CT molecular complexity index is 1250. The van der Waals surface area contributed by atoms with Crippen molar-refractivity contribution in [3.8, 4) is 0 Å². The van der Waals surface area contributed by atoms with E-state index in [9.17, 15) is 13.2 Å². The molecule has 3 N–H and O–H groups in total. The highest BCUT2D eigenvalue weighted by atomic mass is 32.2. The van der Waals surface area contributed by atoms with E-state index in [2.05, 4.69) is 15.6 Å². The van der Waals surface area contributed by atoms with E-state index in [1.807, 2.05) is 24.7 Å². The summed E-state index contributed by atoms with van der Waals surface area (Å²) < 4.78 is 25.8. The first-order valence-corrected chi connectivity index (χ1v) is 13.9. The first kappa shape index (κ1) is 23.1. The van der Waals surface area contributed by atoms with Gasteiger partial charge >= 0.3 is 0 Å². The summed E-state index contributed by atoms with van der Waals surface area (Å²) in [4.78, 5) is 22.3. The van der Waals surface area contributed by atoms with Gasteiger partial charge in [0, 0.05) is 36.7 Å². The molecule has 1 amide bonds. The smallest absolute Gasteiger partial charge is 0.220 e. The predicted octanol–water partition coefficient (Wildman–Crippen LogP) is 2.29. The van der Waals surface area contributed by atoms with E-state index in [0.717, 1.165) is 46.5 Å². The maximum Gasteiger partial charge on any atom is 0.220 e. The molecule has 10 nitrogen and oxygen atoms in total. The van der Waals surface area contributed by atoms with Gasteiger partial charge in [-0.2, -0.15) is 5.10 Å². The summed E-state index contributed by atoms with van der Waals surface area (Å²) in [5, 5.41) is 13.7. The number of carbonyl (C=O) groups excluding carboxylic acids is 1. The molecule has 184 valence electrons. The van der Waals surface area contributed by atoms with Crippen LogP contribution in [0.15, 0.2) is 11.4 Å². The lowest BCUT2D eigenvalue weighted by Gasteiger charge is -2.33. The minimum absolute atomic E-state index is 0.0418. The Morgan fingerprint density at radius 1 is 1.26 bits per heavy atom. The lowest BCUT2D eigenvalue weighted by atomic mass is 9.76. The molecule has 34 heavy (non-hydrogen) atoms. The Balaban J connectivity index is 1.47. The van der Waals surface area contributed by atoms with Gasteiger partial charge in [-0.15, -0.1) is 0 Å². The molecule has 3 aliphatic rings. The van der Waals surface area contributed by atoms with Gasteiger partial charge in [-0.25, -0.2) is 18.1 Å². The summed E-state index contributed by atoms with van der Waals surface area (Å²) in [6.07, 6.45) is 6.48. The van der Waals surface area contributed by atoms with Crippen LogP contribution < -0.4 is 11.1 Å². The second-order valence-electron chi connectivity index (χ2n) is 9.88. The number of pyridine rings is 1. The summed E-state index contributed by atoms with van der Waals surface area (Å²) in [5.41, 5.74) is 9.36. The third kappa shape index (κ3) is 4.14. The Morgan fingerprint density at radius 2 is 1.97 bits per heavy atom. The van der Waals surface area contributed by atoms with Gasteiger partial charge in [-0.1, -0.05) is 5.16 Å². The number of rotatable bonds is 5. The lowest BCUT2D eigenvalue weighted by molar-refractivity contribution is -0.125. The van der Waals surface area contributed by atoms with Crippen LogP contribution in [0.25, 0.3) is 11.0 Å². The highest BCUT2D eigenvalue weighted by Gasteiger charge is 2.44. The second kappa shape index (κ2) is 8.51. The van der Waals surface area contributed by atoms with Gasteiger partial charge in [-0.3, -0.25) is 4.79 Å². The first-order valence-electron chi connectivity index (χ1n) is 12.1. The van der Waals surface area contributed by atoms with Crippen LogP contribution in [-0.4, -0.2) is 57.9 Å². The second-order valence-corrected chi connectivity index (χ2v) is 12.2. The van der Waals surface area contributed by atoms with Crippen LogP contribution in [0, 0.1) is 12.8 Å². The third-order valence-electron chi connectivity index (χ3n) is 7.59. The number of carbonyl (C=O) groups is 1. The van der Waals surface area contributed by atoms with Crippen molar-refractivity contribution in [2.75, 3.05) is 16.8 Å². The quantitative estimate of drug-likeness (QED) is 0.657. The van der Waals surface area contributed by atoms with E-state index in [-0.39, 0.29) is 29.4 Å². The largest absolute Gasteiger partial charge is 0.389 e. The zero-order chi connectivity index (χ0) is 24.1. The molecule has 1 saturated heterocycles. The SMILES string of the molecule is CCn1nc(C)c2c(NC3CCS(=O)(=O)CC3)c(C3=NOC4(CCC(C(N)=O)CC4)C3)cnc21. The number of hydrogen-bond acceptors (Lipinski definition) is 8. The van der Waals surface area contributed by atoms with Crippen LogP contribution in [0.4, 0.5) is 5.69 Å². The molecule has 2 fully saturated rings. The number of primary amides is 1. The number of aryl methyl sites for hydroxylation is 2. The molecular weight excluding hydrogens is 456 g/mol. The fourth-order valence-electron chi connectivity index (χ4n) is 5.51. The van der Waals surface area contributed by atoms with Crippen LogP contribution in [0.5, 0.6) is 0 Å². The van der Waals surface area contributed by atoms with E-state index in [4.69, 9.17) is 15.6 Å². The van der Waals surface area contributed by atoms with Crippen molar-refractivity contribution in [2.24, 2.45) is 16.8 Å². The molecule has 5 rings (SSSR count).